The number of benzene rings is 1. The molecule has 0 radical (unpaired) electrons. The zero-order valence-electron chi connectivity index (χ0n) is 20.5. The third-order valence-corrected chi connectivity index (χ3v) is 9.43. The lowest BCUT2D eigenvalue weighted by molar-refractivity contribution is -0.144. The molecule has 1 saturated carbocycles. The third kappa shape index (κ3) is 4.44. The molecule has 1 aromatic carbocycles. The largest absolute Gasteiger partial charge is 0.467 e. The number of thiazole rings is 1. The predicted molar refractivity (Wildman–Crippen MR) is 135 cm³/mol. The van der Waals surface area contributed by atoms with E-state index in [2.05, 4.69) is 17.6 Å². The van der Waals surface area contributed by atoms with Crippen LogP contribution in [0.4, 0.5) is 15.2 Å². The second-order valence-corrected chi connectivity index (χ2v) is 11.6. The van der Waals surface area contributed by atoms with Crippen LogP contribution >= 0.6 is 11.3 Å². The molecule has 2 aliphatic carbocycles. The summed E-state index contributed by atoms with van der Waals surface area (Å²) in [7, 11) is 0. The zero-order chi connectivity index (χ0) is 25.5. The predicted octanol–water partition coefficient (Wildman–Crippen LogP) is 4.74. The van der Waals surface area contributed by atoms with Crippen molar-refractivity contribution in [2.24, 2.45) is 16.7 Å². The van der Waals surface area contributed by atoms with E-state index in [9.17, 15) is 19.4 Å². The van der Waals surface area contributed by atoms with Gasteiger partial charge in [0.25, 0.3) is 0 Å². The first-order chi connectivity index (χ1) is 17.2. The summed E-state index contributed by atoms with van der Waals surface area (Å²) >= 11 is 1.52. The van der Waals surface area contributed by atoms with Gasteiger partial charge in [0.1, 0.15) is 11.6 Å². The summed E-state index contributed by atoms with van der Waals surface area (Å²) in [5.41, 5.74) is 0.623. The summed E-state index contributed by atoms with van der Waals surface area (Å²) in [5.74, 6) is 0.0832. The van der Waals surface area contributed by atoms with Crippen molar-refractivity contribution in [3.8, 4) is 0 Å². The van der Waals surface area contributed by atoms with E-state index in [1.165, 1.54) is 23.5 Å². The molecule has 0 saturated heterocycles. The van der Waals surface area contributed by atoms with Gasteiger partial charge in [-0.2, -0.15) is 0 Å². The lowest BCUT2D eigenvalue weighted by atomic mass is 9.47. The van der Waals surface area contributed by atoms with E-state index < -0.39 is 11.5 Å². The average Bonchev–Trinajstić information content (AvgIpc) is 3.53. The lowest BCUT2D eigenvalue weighted by Crippen LogP contribution is -2.57. The van der Waals surface area contributed by atoms with Gasteiger partial charge in [0.05, 0.1) is 31.2 Å². The fraction of sp³-hybridized carbons (Fsp3) is 0.481. The number of aliphatic hydroxyl groups excluding tert-OH is 2. The van der Waals surface area contributed by atoms with Gasteiger partial charge in [-0.15, -0.1) is 11.3 Å². The lowest BCUT2D eigenvalue weighted by Gasteiger charge is -2.58. The molecule has 192 valence electrons. The van der Waals surface area contributed by atoms with Crippen LogP contribution in [0.1, 0.15) is 55.4 Å². The van der Waals surface area contributed by atoms with E-state index in [0.717, 1.165) is 22.7 Å². The molecule has 2 aromatic heterocycles. The minimum Gasteiger partial charge on any atom is -0.467 e. The number of nitrogens with one attached hydrogen (secondary N) is 2. The minimum absolute atomic E-state index is 0.0201. The van der Waals surface area contributed by atoms with E-state index in [-0.39, 0.29) is 42.0 Å². The standard InChI is InChI=1S/C27H32FN3O4S/c1-26-10-9-22(33)27(2,15-32)21(26)13-20-24(19(26)12-23(34)29-14-18-4-3-11-35-18)31-25(36-20)30-17-7-5-16(28)6-8-17/h3-8,11,19,21-22,32-33H,9-10,12-15H2,1-2H3,(H,29,34)(H,30,31). The topological polar surface area (TPSA) is 108 Å². The first-order valence-electron chi connectivity index (χ1n) is 12.3. The molecule has 5 rings (SSSR count). The normalized spacial score (nSPS) is 29.3. The van der Waals surface area contributed by atoms with Crippen LogP contribution in [0.3, 0.4) is 0 Å². The van der Waals surface area contributed by atoms with Crippen LogP contribution in [0.5, 0.6) is 0 Å². The maximum Gasteiger partial charge on any atom is 0.221 e. The minimum atomic E-state index is -0.678. The van der Waals surface area contributed by atoms with Gasteiger partial charge in [-0.25, -0.2) is 9.37 Å². The van der Waals surface area contributed by atoms with Gasteiger partial charge in [0.2, 0.25) is 5.91 Å². The van der Waals surface area contributed by atoms with Crippen LogP contribution in [0.15, 0.2) is 47.1 Å². The van der Waals surface area contributed by atoms with Crippen molar-refractivity contribution in [1.82, 2.24) is 10.3 Å². The number of carbonyl (C=O) groups is 1. The average molecular weight is 514 g/mol. The number of halogens is 1. The maximum atomic E-state index is 13.4. The molecule has 5 unspecified atom stereocenters. The number of hydrogen-bond acceptors (Lipinski definition) is 7. The highest BCUT2D eigenvalue weighted by molar-refractivity contribution is 7.15. The first kappa shape index (κ1) is 24.9. The van der Waals surface area contributed by atoms with Crippen LogP contribution in [0, 0.1) is 22.6 Å². The molecule has 36 heavy (non-hydrogen) atoms. The summed E-state index contributed by atoms with van der Waals surface area (Å²) in [6, 6.07) is 9.72. The molecule has 1 amide bonds. The second-order valence-electron chi connectivity index (χ2n) is 10.6. The van der Waals surface area contributed by atoms with Gasteiger partial charge >= 0.3 is 0 Å². The molecule has 9 heteroatoms. The Labute approximate surface area is 213 Å². The smallest absolute Gasteiger partial charge is 0.221 e. The first-order valence-corrected chi connectivity index (χ1v) is 13.1. The number of aromatic nitrogens is 1. The Morgan fingerprint density at radius 1 is 1.28 bits per heavy atom. The summed E-state index contributed by atoms with van der Waals surface area (Å²) in [6.45, 7) is 4.32. The Kier molecular flexibility index (Phi) is 6.65. The molecule has 7 nitrogen and oxygen atoms in total. The number of carbonyl (C=O) groups excluding carboxylic acids is 1. The van der Waals surface area contributed by atoms with Crippen LogP contribution in [0.25, 0.3) is 0 Å². The van der Waals surface area contributed by atoms with Crippen molar-refractivity contribution in [3.05, 3.63) is 64.8 Å². The summed E-state index contributed by atoms with van der Waals surface area (Å²) in [5, 5.41) is 28.2. The van der Waals surface area contributed by atoms with Crippen LogP contribution in [-0.2, 0) is 17.8 Å². The Hall–Kier alpha value is -2.75. The highest BCUT2D eigenvalue weighted by Crippen LogP contribution is 2.62. The third-order valence-electron chi connectivity index (χ3n) is 8.42. The number of rotatable bonds is 7. The van der Waals surface area contributed by atoms with Crippen molar-refractivity contribution in [2.75, 3.05) is 11.9 Å². The summed E-state index contributed by atoms with van der Waals surface area (Å²) < 4.78 is 18.7. The molecule has 0 spiro atoms. The molecule has 4 N–H and O–H groups in total. The second kappa shape index (κ2) is 9.61. The molecular weight excluding hydrogens is 481 g/mol. The van der Waals surface area contributed by atoms with Gasteiger partial charge < -0.3 is 25.3 Å². The molecule has 1 fully saturated rings. The fourth-order valence-electron chi connectivity index (χ4n) is 6.21. The number of furan rings is 1. The molecule has 0 aliphatic heterocycles. The van der Waals surface area contributed by atoms with Crippen molar-refractivity contribution in [1.29, 1.82) is 0 Å². The number of fused-ring (bicyclic) bond motifs is 2. The maximum absolute atomic E-state index is 13.4. The zero-order valence-corrected chi connectivity index (χ0v) is 21.3. The number of aliphatic hydroxyl groups is 2. The van der Waals surface area contributed by atoms with Gasteiger partial charge in [0.15, 0.2) is 5.13 Å². The van der Waals surface area contributed by atoms with Gasteiger partial charge in [-0.1, -0.05) is 13.8 Å². The number of anilines is 2. The quantitative estimate of drug-likeness (QED) is 0.364. The van der Waals surface area contributed by atoms with E-state index >= 15 is 0 Å². The summed E-state index contributed by atoms with van der Waals surface area (Å²) in [4.78, 5) is 19.1. The van der Waals surface area contributed by atoms with Crippen LogP contribution < -0.4 is 10.6 Å². The van der Waals surface area contributed by atoms with Gasteiger partial charge in [0, 0.05) is 28.3 Å². The van der Waals surface area contributed by atoms with E-state index in [1.54, 1.807) is 24.5 Å². The Balaban J connectivity index is 1.47. The highest BCUT2D eigenvalue weighted by Gasteiger charge is 2.59. The van der Waals surface area contributed by atoms with Gasteiger partial charge in [-0.05, 0) is 67.0 Å². The number of nitrogens with zero attached hydrogens (tertiary/aromatic N) is 1. The number of hydrogen-bond donors (Lipinski definition) is 4. The summed E-state index contributed by atoms with van der Waals surface area (Å²) in [6.07, 6.45) is 3.19. The molecule has 5 atom stereocenters. The van der Waals surface area contributed by atoms with Crippen molar-refractivity contribution < 1.29 is 23.8 Å². The van der Waals surface area contributed by atoms with Crippen LogP contribution in [0.2, 0.25) is 0 Å². The SMILES string of the molecule is CC1(CO)C(O)CCC2(C)C(CC(=O)NCc3ccco3)c3nc(Nc4ccc(F)cc4)sc3CC12. The van der Waals surface area contributed by atoms with Crippen molar-refractivity contribution in [3.63, 3.8) is 0 Å². The monoisotopic (exact) mass is 513 g/mol. The van der Waals surface area contributed by atoms with Crippen molar-refractivity contribution in [2.45, 2.75) is 58.1 Å². The Morgan fingerprint density at radius 2 is 2.06 bits per heavy atom. The van der Waals surface area contributed by atoms with E-state index in [4.69, 9.17) is 9.40 Å². The van der Waals surface area contributed by atoms with Crippen molar-refractivity contribution >= 4 is 28.1 Å². The van der Waals surface area contributed by atoms with E-state index in [0.29, 0.717) is 30.3 Å². The Bertz CT molecular complexity index is 1210. The molecule has 3 aromatic rings. The fourth-order valence-corrected chi connectivity index (χ4v) is 7.30. The number of amides is 1. The van der Waals surface area contributed by atoms with E-state index in [1.807, 2.05) is 13.0 Å². The van der Waals surface area contributed by atoms with Gasteiger partial charge in [-0.3, -0.25) is 4.79 Å². The molecule has 0 bridgehead atoms. The molecule has 2 heterocycles. The van der Waals surface area contributed by atoms with Crippen LogP contribution in [-0.4, -0.2) is 33.8 Å². The molecular formula is C27H32FN3O4S. The molecule has 2 aliphatic rings. The highest BCUT2D eigenvalue weighted by atomic mass is 32.1. The Morgan fingerprint density at radius 3 is 2.75 bits per heavy atom.